The maximum atomic E-state index is 8.95. The molecule has 1 saturated carbocycles. The molecular formula is C19H25N5O. The van der Waals surface area contributed by atoms with Gasteiger partial charge in [0.1, 0.15) is 5.65 Å². The summed E-state index contributed by atoms with van der Waals surface area (Å²) in [7, 11) is 1.94. The number of H-pyrrole nitrogens is 1. The van der Waals surface area contributed by atoms with Crippen LogP contribution in [0.1, 0.15) is 37.2 Å². The minimum absolute atomic E-state index is 0.213. The molecule has 0 aromatic carbocycles. The van der Waals surface area contributed by atoms with E-state index in [0.717, 1.165) is 29.6 Å². The summed E-state index contributed by atoms with van der Waals surface area (Å²) in [5.41, 5.74) is 4.54. The van der Waals surface area contributed by atoms with Gasteiger partial charge in [0.25, 0.3) is 0 Å². The van der Waals surface area contributed by atoms with Gasteiger partial charge in [-0.1, -0.05) is 0 Å². The number of hydrogen-bond donors (Lipinski definition) is 3. The first-order valence-corrected chi connectivity index (χ1v) is 9.05. The predicted molar refractivity (Wildman–Crippen MR) is 98.4 cm³/mol. The Morgan fingerprint density at radius 2 is 2.12 bits per heavy atom. The van der Waals surface area contributed by atoms with Gasteiger partial charge in [-0.25, -0.2) is 4.98 Å². The number of fused-ring (bicyclic) bond motifs is 1. The molecule has 0 amide bonds. The minimum atomic E-state index is 0.213. The zero-order valence-corrected chi connectivity index (χ0v) is 14.6. The summed E-state index contributed by atoms with van der Waals surface area (Å²) >= 11 is 0. The van der Waals surface area contributed by atoms with Crippen molar-refractivity contribution in [3.63, 3.8) is 0 Å². The molecule has 1 aliphatic carbocycles. The normalized spacial score (nSPS) is 21.0. The van der Waals surface area contributed by atoms with Crippen LogP contribution in [0.3, 0.4) is 0 Å². The number of aliphatic hydroxyl groups is 1. The zero-order chi connectivity index (χ0) is 17.2. The highest BCUT2D eigenvalue weighted by Crippen LogP contribution is 2.35. The first kappa shape index (κ1) is 16.3. The number of nitrogens with zero attached hydrogens (tertiary/aromatic N) is 3. The lowest BCUT2D eigenvalue weighted by Gasteiger charge is -2.29. The first-order chi connectivity index (χ1) is 12.2. The van der Waals surface area contributed by atoms with Crippen LogP contribution in [0.2, 0.25) is 0 Å². The Kier molecular flexibility index (Phi) is 4.55. The molecule has 3 heterocycles. The van der Waals surface area contributed by atoms with Gasteiger partial charge in [0.2, 0.25) is 0 Å². The number of aromatic amines is 1. The van der Waals surface area contributed by atoms with E-state index in [1.54, 1.807) is 0 Å². The van der Waals surface area contributed by atoms with Gasteiger partial charge in [0.05, 0.1) is 12.8 Å². The number of nitrogens with one attached hydrogen (secondary N) is 2. The summed E-state index contributed by atoms with van der Waals surface area (Å²) in [6.45, 7) is 0.909. The third-order valence-electron chi connectivity index (χ3n) is 5.31. The van der Waals surface area contributed by atoms with Crippen molar-refractivity contribution in [2.75, 3.05) is 13.2 Å². The van der Waals surface area contributed by atoms with Crippen LogP contribution in [-0.2, 0) is 7.05 Å². The number of aryl methyl sites for hydroxylation is 1. The highest BCUT2D eigenvalue weighted by atomic mass is 16.3. The smallest absolute Gasteiger partial charge is 0.137 e. The van der Waals surface area contributed by atoms with Crippen molar-refractivity contribution in [2.45, 2.75) is 37.6 Å². The number of aliphatic hydroxyl groups excluding tert-OH is 1. The molecular weight excluding hydrogens is 314 g/mol. The topological polar surface area (TPSA) is 78.8 Å². The van der Waals surface area contributed by atoms with E-state index >= 15 is 0 Å². The van der Waals surface area contributed by atoms with Gasteiger partial charge in [-0.15, -0.1) is 0 Å². The van der Waals surface area contributed by atoms with Crippen molar-refractivity contribution < 1.29 is 5.11 Å². The van der Waals surface area contributed by atoms with E-state index in [-0.39, 0.29) is 6.61 Å². The summed E-state index contributed by atoms with van der Waals surface area (Å²) in [6, 6.07) is 2.84. The van der Waals surface area contributed by atoms with Crippen molar-refractivity contribution in [1.29, 1.82) is 0 Å². The second-order valence-electron chi connectivity index (χ2n) is 7.00. The van der Waals surface area contributed by atoms with Crippen molar-refractivity contribution in [1.82, 2.24) is 25.1 Å². The van der Waals surface area contributed by atoms with Crippen LogP contribution in [0.5, 0.6) is 0 Å². The largest absolute Gasteiger partial charge is 0.395 e. The lowest BCUT2D eigenvalue weighted by molar-refractivity contribution is 0.267. The molecule has 3 N–H and O–H groups in total. The molecule has 0 bridgehead atoms. The SMILES string of the molecule is Cn1cc(-c2c[nH]c3ncc([C@H]4CC[C@H](NCCO)CC4)cc23)cn1. The van der Waals surface area contributed by atoms with Crippen LogP contribution in [0.25, 0.3) is 22.2 Å². The van der Waals surface area contributed by atoms with E-state index in [9.17, 15) is 0 Å². The monoisotopic (exact) mass is 339 g/mol. The second-order valence-corrected chi connectivity index (χ2v) is 7.00. The van der Waals surface area contributed by atoms with Crippen LogP contribution in [-0.4, -0.2) is 44.0 Å². The summed E-state index contributed by atoms with van der Waals surface area (Å²) in [4.78, 5) is 7.92. The molecule has 4 rings (SSSR count). The third-order valence-corrected chi connectivity index (χ3v) is 5.31. The molecule has 0 aliphatic heterocycles. The van der Waals surface area contributed by atoms with Gasteiger partial charge in [0, 0.05) is 54.7 Å². The van der Waals surface area contributed by atoms with Crippen molar-refractivity contribution in [2.24, 2.45) is 7.05 Å². The van der Waals surface area contributed by atoms with Crippen LogP contribution in [0.15, 0.2) is 30.9 Å². The van der Waals surface area contributed by atoms with E-state index in [1.807, 2.05) is 36.5 Å². The molecule has 1 fully saturated rings. The molecule has 6 nitrogen and oxygen atoms in total. The number of pyridine rings is 1. The fourth-order valence-corrected chi connectivity index (χ4v) is 3.94. The van der Waals surface area contributed by atoms with E-state index < -0.39 is 0 Å². The van der Waals surface area contributed by atoms with E-state index in [1.165, 1.54) is 23.8 Å². The Hall–Kier alpha value is -2.18. The average molecular weight is 339 g/mol. The Bertz CT molecular complexity index is 844. The van der Waals surface area contributed by atoms with Crippen molar-refractivity contribution in [3.8, 4) is 11.1 Å². The van der Waals surface area contributed by atoms with Gasteiger partial charge >= 0.3 is 0 Å². The Balaban J connectivity index is 1.55. The zero-order valence-electron chi connectivity index (χ0n) is 14.6. The highest BCUT2D eigenvalue weighted by molar-refractivity contribution is 5.93. The number of hydrogen-bond acceptors (Lipinski definition) is 4. The van der Waals surface area contributed by atoms with E-state index in [0.29, 0.717) is 18.5 Å². The molecule has 132 valence electrons. The quantitative estimate of drug-likeness (QED) is 0.667. The molecule has 0 unspecified atom stereocenters. The molecule has 3 aromatic rings. The summed E-state index contributed by atoms with van der Waals surface area (Å²) in [6.07, 6.45) is 12.6. The summed E-state index contributed by atoms with van der Waals surface area (Å²) < 4.78 is 1.83. The molecule has 6 heteroatoms. The van der Waals surface area contributed by atoms with Crippen molar-refractivity contribution in [3.05, 3.63) is 36.4 Å². The van der Waals surface area contributed by atoms with Gasteiger partial charge < -0.3 is 15.4 Å². The Morgan fingerprint density at radius 1 is 1.28 bits per heavy atom. The Morgan fingerprint density at radius 3 is 2.84 bits per heavy atom. The van der Waals surface area contributed by atoms with Crippen LogP contribution >= 0.6 is 0 Å². The lowest BCUT2D eigenvalue weighted by atomic mass is 9.82. The first-order valence-electron chi connectivity index (χ1n) is 9.05. The fourth-order valence-electron chi connectivity index (χ4n) is 3.94. The van der Waals surface area contributed by atoms with Crippen LogP contribution in [0.4, 0.5) is 0 Å². The molecule has 0 saturated heterocycles. The van der Waals surface area contributed by atoms with Gasteiger partial charge in [-0.2, -0.15) is 5.10 Å². The second kappa shape index (κ2) is 6.98. The summed E-state index contributed by atoms with van der Waals surface area (Å²) in [5, 5.41) is 17.8. The molecule has 25 heavy (non-hydrogen) atoms. The molecule has 3 aromatic heterocycles. The maximum Gasteiger partial charge on any atom is 0.137 e. The lowest BCUT2D eigenvalue weighted by Crippen LogP contribution is -2.34. The minimum Gasteiger partial charge on any atom is -0.395 e. The van der Waals surface area contributed by atoms with Gasteiger partial charge in [-0.3, -0.25) is 4.68 Å². The maximum absolute atomic E-state index is 8.95. The van der Waals surface area contributed by atoms with Crippen LogP contribution in [0, 0.1) is 0 Å². The highest BCUT2D eigenvalue weighted by Gasteiger charge is 2.23. The van der Waals surface area contributed by atoms with Gasteiger partial charge in [-0.05, 0) is 43.2 Å². The average Bonchev–Trinajstić information content (AvgIpc) is 3.25. The molecule has 1 aliphatic rings. The summed E-state index contributed by atoms with van der Waals surface area (Å²) in [5.74, 6) is 0.570. The van der Waals surface area contributed by atoms with Crippen LogP contribution < -0.4 is 5.32 Å². The standard InChI is InChI=1S/C19H25N5O/c1-24-12-15(10-23-24)18-11-22-19-17(18)8-14(9-21-19)13-2-4-16(5-3-13)20-6-7-25/h8-13,16,20,25H,2-7H2,1H3,(H,21,22)/t13-,16-. The predicted octanol–water partition coefficient (Wildman–Crippen LogP) is 2.57. The Labute approximate surface area is 147 Å². The fraction of sp³-hybridized carbons (Fsp3) is 0.474. The van der Waals surface area contributed by atoms with E-state index in [2.05, 4.69) is 26.4 Å². The van der Waals surface area contributed by atoms with E-state index in [4.69, 9.17) is 5.11 Å². The molecule has 0 atom stereocenters. The number of aromatic nitrogens is 4. The molecule has 0 radical (unpaired) electrons. The number of rotatable bonds is 5. The van der Waals surface area contributed by atoms with Gasteiger partial charge in [0.15, 0.2) is 0 Å². The van der Waals surface area contributed by atoms with Crippen molar-refractivity contribution >= 4 is 11.0 Å². The third kappa shape index (κ3) is 3.32. The molecule has 0 spiro atoms.